The average Bonchev–Trinajstić information content (AvgIpc) is 2.47. The van der Waals surface area contributed by atoms with Crippen LogP contribution in [0.4, 0.5) is 5.69 Å². The minimum absolute atomic E-state index is 0.148. The van der Waals surface area contributed by atoms with E-state index in [0.717, 1.165) is 11.3 Å². The first-order valence-electron chi connectivity index (χ1n) is 6.47. The molecule has 3 heteroatoms. The van der Waals surface area contributed by atoms with Crippen molar-refractivity contribution in [1.82, 2.24) is 0 Å². The van der Waals surface area contributed by atoms with Crippen molar-refractivity contribution in [1.29, 1.82) is 0 Å². The maximum absolute atomic E-state index is 12.1. The number of carbonyl (C=O) groups is 2. The van der Waals surface area contributed by atoms with Gasteiger partial charge in [-0.25, -0.2) is 0 Å². The number of benzene rings is 2. The Morgan fingerprint density at radius 3 is 2.05 bits per heavy atom. The standard InChI is InChI=1S/C17H17NO2/c1-18(2)15-10-8-14(9-11-15)17(20)16(19)12-13-6-4-3-5-7-13/h3-11H,12H2,1-2H3. The Balaban J connectivity index is 2.09. The normalized spacial score (nSPS) is 10.1. The number of anilines is 1. The lowest BCUT2D eigenvalue weighted by molar-refractivity contribution is -0.114. The molecule has 20 heavy (non-hydrogen) atoms. The molecule has 0 radical (unpaired) electrons. The van der Waals surface area contributed by atoms with Crippen molar-refractivity contribution in [3.8, 4) is 0 Å². The summed E-state index contributed by atoms with van der Waals surface area (Å²) < 4.78 is 0. The van der Waals surface area contributed by atoms with E-state index in [1.165, 1.54) is 0 Å². The van der Waals surface area contributed by atoms with Crippen molar-refractivity contribution in [2.45, 2.75) is 6.42 Å². The van der Waals surface area contributed by atoms with Gasteiger partial charge in [0, 0.05) is 31.8 Å². The molecule has 0 spiro atoms. The zero-order chi connectivity index (χ0) is 14.5. The largest absolute Gasteiger partial charge is 0.378 e. The summed E-state index contributed by atoms with van der Waals surface area (Å²) in [6.45, 7) is 0. The first-order chi connectivity index (χ1) is 9.58. The Hall–Kier alpha value is -2.42. The molecule has 0 atom stereocenters. The van der Waals surface area contributed by atoms with E-state index in [1.807, 2.05) is 61.5 Å². The SMILES string of the molecule is CN(C)c1ccc(C(=O)C(=O)Cc2ccccc2)cc1. The first-order valence-corrected chi connectivity index (χ1v) is 6.47. The summed E-state index contributed by atoms with van der Waals surface area (Å²) in [5, 5.41) is 0. The van der Waals surface area contributed by atoms with Gasteiger partial charge in [-0.1, -0.05) is 30.3 Å². The number of ketones is 2. The molecule has 2 aromatic rings. The number of nitrogens with zero attached hydrogens (tertiary/aromatic N) is 1. The van der Waals surface area contributed by atoms with E-state index in [2.05, 4.69) is 0 Å². The maximum Gasteiger partial charge on any atom is 0.228 e. The second-order valence-electron chi connectivity index (χ2n) is 4.86. The van der Waals surface area contributed by atoms with Gasteiger partial charge in [0.25, 0.3) is 0 Å². The molecule has 2 rings (SSSR count). The summed E-state index contributed by atoms with van der Waals surface area (Å²) in [4.78, 5) is 26.0. The van der Waals surface area contributed by atoms with Gasteiger partial charge in [-0.3, -0.25) is 9.59 Å². The first kappa shape index (κ1) is 14.0. The molecule has 3 nitrogen and oxygen atoms in total. The molecular weight excluding hydrogens is 250 g/mol. The fourth-order valence-electron chi connectivity index (χ4n) is 1.93. The van der Waals surface area contributed by atoms with Crippen LogP contribution in [0.2, 0.25) is 0 Å². The van der Waals surface area contributed by atoms with Crippen LogP contribution in [-0.4, -0.2) is 25.7 Å². The lowest BCUT2D eigenvalue weighted by atomic mass is 10.0. The number of hydrogen-bond acceptors (Lipinski definition) is 3. The van der Waals surface area contributed by atoms with Gasteiger partial charge in [0.05, 0.1) is 0 Å². The Morgan fingerprint density at radius 1 is 0.900 bits per heavy atom. The highest BCUT2D eigenvalue weighted by Gasteiger charge is 2.16. The van der Waals surface area contributed by atoms with Crippen LogP contribution in [-0.2, 0) is 11.2 Å². The van der Waals surface area contributed by atoms with E-state index in [0.29, 0.717) is 5.56 Å². The molecule has 0 bridgehead atoms. The van der Waals surface area contributed by atoms with E-state index in [-0.39, 0.29) is 12.2 Å². The van der Waals surface area contributed by atoms with Gasteiger partial charge in [0.15, 0.2) is 0 Å². The fourth-order valence-corrected chi connectivity index (χ4v) is 1.93. The zero-order valence-electron chi connectivity index (χ0n) is 11.7. The Morgan fingerprint density at radius 2 is 1.50 bits per heavy atom. The van der Waals surface area contributed by atoms with Crippen LogP contribution in [0.25, 0.3) is 0 Å². The molecule has 0 fully saturated rings. The molecule has 0 saturated carbocycles. The molecule has 102 valence electrons. The van der Waals surface area contributed by atoms with Crippen molar-refractivity contribution < 1.29 is 9.59 Å². The predicted octanol–water partition coefficient (Wildman–Crippen LogP) is 2.75. The highest BCUT2D eigenvalue weighted by atomic mass is 16.2. The zero-order valence-corrected chi connectivity index (χ0v) is 11.7. The summed E-state index contributed by atoms with van der Waals surface area (Å²) in [6, 6.07) is 16.4. The van der Waals surface area contributed by atoms with E-state index in [1.54, 1.807) is 12.1 Å². The second-order valence-corrected chi connectivity index (χ2v) is 4.86. The number of Topliss-reactive ketones (excluding diaryl/α,β-unsaturated/α-hetero) is 2. The monoisotopic (exact) mass is 267 g/mol. The van der Waals surface area contributed by atoms with Crippen LogP contribution < -0.4 is 4.90 Å². The van der Waals surface area contributed by atoms with Gasteiger partial charge in [0.1, 0.15) is 0 Å². The molecule has 2 aromatic carbocycles. The second kappa shape index (κ2) is 6.15. The molecule has 0 amide bonds. The van der Waals surface area contributed by atoms with Gasteiger partial charge in [0.2, 0.25) is 11.6 Å². The van der Waals surface area contributed by atoms with Crippen molar-refractivity contribution in [2.75, 3.05) is 19.0 Å². The van der Waals surface area contributed by atoms with E-state index in [4.69, 9.17) is 0 Å². The molecule has 0 N–H and O–H groups in total. The van der Waals surface area contributed by atoms with Gasteiger partial charge in [-0.15, -0.1) is 0 Å². The maximum atomic E-state index is 12.1. The highest BCUT2D eigenvalue weighted by molar-refractivity contribution is 6.44. The molecule has 0 aliphatic rings. The van der Waals surface area contributed by atoms with Crippen molar-refractivity contribution in [2.24, 2.45) is 0 Å². The van der Waals surface area contributed by atoms with E-state index < -0.39 is 5.78 Å². The van der Waals surface area contributed by atoms with Crippen LogP contribution in [0.15, 0.2) is 54.6 Å². The van der Waals surface area contributed by atoms with Gasteiger partial charge in [-0.05, 0) is 29.8 Å². The van der Waals surface area contributed by atoms with Crippen molar-refractivity contribution >= 4 is 17.3 Å². The van der Waals surface area contributed by atoms with Crippen LogP contribution >= 0.6 is 0 Å². The molecule has 0 aromatic heterocycles. The topological polar surface area (TPSA) is 37.4 Å². The molecule has 0 heterocycles. The minimum Gasteiger partial charge on any atom is -0.378 e. The average molecular weight is 267 g/mol. The summed E-state index contributed by atoms with van der Waals surface area (Å²) in [7, 11) is 3.86. The van der Waals surface area contributed by atoms with Gasteiger partial charge in [-0.2, -0.15) is 0 Å². The summed E-state index contributed by atoms with van der Waals surface area (Å²) in [5.74, 6) is -0.812. The summed E-state index contributed by atoms with van der Waals surface area (Å²) >= 11 is 0. The molecule has 0 aliphatic heterocycles. The van der Waals surface area contributed by atoms with Gasteiger partial charge < -0.3 is 4.90 Å². The quantitative estimate of drug-likeness (QED) is 0.617. The molecule has 0 saturated heterocycles. The van der Waals surface area contributed by atoms with Crippen LogP contribution in [0.5, 0.6) is 0 Å². The van der Waals surface area contributed by atoms with Crippen molar-refractivity contribution in [3.05, 3.63) is 65.7 Å². The predicted molar refractivity (Wildman–Crippen MR) is 80.3 cm³/mol. The van der Waals surface area contributed by atoms with E-state index in [9.17, 15) is 9.59 Å². The number of carbonyl (C=O) groups excluding carboxylic acids is 2. The minimum atomic E-state index is -0.431. The van der Waals surface area contributed by atoms with Crippen LogP contribution in [0, 0.1) is 0 Å². The smallest absolute Gasteiger partial charge is 0.228 e. The molecule has 0 aliphatic carbocycles. The lowest BCUT2D eigenvalue weighted by Crippen LogP contribution is -2.17. The Bertz CT molecular complexity index is 601. The number of hydrogen-bond donors (Lipinski definition) is 0. The summed E-state index contributed by atoms with van der Waals surface area (Å²) in [6.07, 6.45) is 0.148. The summed E-state index contributed by atoms with van der Waals surface area (Å²) in [5.41, 5.74) is 2.30. The molecular formula is C17H17NO2. The fraction of sp³-hybridized carbons (Fsp3) is 0.176. The number of rotatable bonds is 5. The highest BCUT2D eigenvalue weighted by Crippen LogP contribution is 2.13. The van der Waals surface area contributed by atoms with Gasteiger partial charge >= 0.3 is 0 Å². The Kier molecular flexibility index (Phi) is 4.31. The Labute approximate surface area is 118 Å². The van der Waals surface area contributed by atoms with Crippen LogP contribution in [0.1, 0.15) is 15.9 Å². The van der Waals surface area contributed by atoms with Crippen molar-refractivity contribution in [3.63, 3.8) is 0 Å². The molecule has 0 unspecified atom stereocenters. The van der Waals surface area contributed by atoms with Crippen LogP contribution in [0.3, 0.4) is 0 Å². The third-order valence-electron chi connectivity index (χ3n) is 3.11. The lowest BCUT2D eigenvalue weighted by Gasteiger charge is -2.12. The third kappa shape index (κ3) is 3.32. The van der Waals surface area contributed by atoms with E-state index >= 15 is 0 Å². The third-order valence-corrected chi connectivity index (χ3v) is 3.11.